The monoisotopic (exact) mass is 212 g/mol. The maximum Gasteiger partial charge on any atom is 0.309 e. The van der Waals surface area contributed by atoms with Gasteiger partial charge in [-0.05, 0) is 32.1 Å². The lowest BCUT2D eigenvalue weighted by Crippen LogP contribution is -2.29. The molecule has 2 atom stereocenters. The van der Waals surface area contributed by atoms with Gasteiger partial charge in [0.05, 0.1) is 12.5 Å². The fourth-order valence-electron chi connectivity index (χ4n) is 2.34. The molecule has 86 valence electrons. The summed E-state index contributed by atoms with van der Waals surface area (Å²) in [5.41, 5.74) is 0. The van der Waals surface area contributed by atoms with Crippen LogP contribution in [0.5, 0.6) is 0 Å². The molecular weight excluding hydrogens is 192 g/mol. The number of hydrogen-bond acceptors (Lipinski definition) is 3. The third-order valence-electron chi connectivity index (χ3n) is 3.12. The number of ketones is 1. The molecule has 3 heteroatoms. The van der Waals surface area contributed by atoms with Crippen LogP contribution in [0.1, 0.15) is 46.0 Å². The summed E-state index contributed by atoms with van der Waals surface area (Å²) < 4.78 is 5.03. The van der Waals surface area contributed by atoms with Gasteiger partial charge in [0, 0.05) is 12.8 Å². The molecule has 0 bridgehead atoms. The van der Waals surface area contributed by atoms with Gasteiger partial charge in [-0.25, -0.2) is 0 Å². The molecule has 0 aromatic heterocycles. The Kier molecular flexibility index (Phi) is 4.79. The van der Waals surface area contributed by atoms with Crippen LogP contribution in [-0.4, -0.2) is 18.4 Å². The van der Waals surface area contributed by atoms with Gasteiger partial charge in [0.2, 0.25) is 0 Å². The van der Waals surface area contributed by atoms with E-state index in [0.717, 1.165) is 19.3 Å². The van der Waals surface area contributed by atoms with E-state index in [1.165, 1.54) is 0 Å². The van der Waals surface area contributed by atoms with Crippen LogP contribution < -0.4 is 0 Å². The van der Waals surface area contributed by atoms with Gasteiger partial charge < -0.3 is 4.74 Å². The van der Waals surface area contributed by atoms with Crippen LogP contribution >= 0.6 is 0 Å². The zero-order chi connectivity index (χ0) is 11.3. The van der Waals surface area contributed by atoms with E-state index < -0.39 is 0 Å². The second kappa shape index (κ2) is 5.89. The molecular formula is C12H20O3. The maximum atomic E-state index is 11.6. The molecule has 0 heterocycles. The lowest BCUT2D eigenvalue weighted by molar-refractivity contribution is -0.150. The predicted molar refractivity (Wildman–Crippen MR) is 57.4 cm³/mol. The molecule has 1 fully saturated rings. The van der Waals surface area contributed by atoms with Gasteiger partial charge in [0.25, 0.3) is 0 Å². The second-order valence-corrected chi connectivity index (χ2v) is 4.16. The molecule has 0 aromatic carbocycles. The third kappa shape index (κ3) is 3.33. The van der Waals surface area contributed by atoms with E-state index in [0.29, 0.717) is 25.2 Å². The lowest BCUT2D eigenvalue weighted by atomic mass is 9.78. The van der Waals surface area contributed by atoms with E-state index >= 15 is 0 Å². The van der Waals surface area contributed by atoms with Crippen molar-refractivity contribution in [3.05, 3.63) is 0 Å². The van der Waals surface area contributed by atoms with Crippen molar-refractivity contribution in [1.82, 2.24) is 0 Å². The Hall–Kier alpha value is -0.860. The average Bonchev–Trinajstić information content (AvgIpc) is 2.19. The highest BCUT2D eigenvalue weighted by Crippen LogP contribution is 2.30. The Morgan fingerprint density at radius 1 is 1.53 bits per heavy atom. The van der Waals surface area contributed by atoms with Crippen LogP contribution in [0, 0.1) is 11.8 Å². The molecule has 0 aromatic rings. The number of ether oxygens (including phenoxy) is 1. The number of Topliss-reactive ketones (excluding diaryl/α,β-unsaturated/α-hetero) is 1. The van der Waals surface area contributed by atoms with Crippen LogP contribution in [0.3, 0.4) is 0 Å². The molecule has 1 aliphatic rings. The summed E-state index contributed by atoms with van der Waals surface area (Å²) in [7, 11) is 0. The van der Waals surface area contributed by atoms with Crippen LogP contribution in [0.2, 0.25) is 0 Å². The van der Waals surface area contributed by atoms with E-state index in [1.807, 2.05) is 13.8 Å². The Labute approximate surface area is 91.2 Å². The van der Waals surface area contributed by atoms with Crippen molar-refractivity contribution in [2.45, 2.75) is 46.0 Å². The van der Waals surface area contributed by atoms with Gasteiger partial charge >= 0.3 is 5.97 Å². The Bertz CT molecular complexity index is 235. The van der Waals surface area contributed by atoms with Crippen molar-refractivity contribution in [3.8, 4) is 0 Å². The smallest absolute Gasteiger partial charge is 0.309 e. The first-order chi connectivity index (χ1) is 7.19. The average molecular weight is 212 g/mol. The van der Waals surface area contributed by atoms with E-state index in [4.69, 9.17) is 4.74 Å². The highest BCUT2D eigenvalue weighted by Gasteiger charge is 2.31. The van der Waals surface area contributed by atoms with Crippen molar-refractivity contribution in [2.75, 3.05) is 6.61 Å². The van der Waals surface area contributed by atoms with Crippen LogP contribution in [-0.2, 0) is 14.3 Å². The zero-order valence-electron chi connectivity index (χ0n) is 9.62. The lowest BCUT2D eigenvalue weighted by Gasteiger charge is -2.27. The summed E-state index contributed by atoms with van der Waals surface area (Å²) in [6, 6.07) is 0. The molecule has 15 heavy (non-hydrogen) atoms. The minimum atomic E-state index is -0.125. The van der Waals surface area contributed by atoms with E-state index in [2.05, 4.69) is 0 Å². The van der Waals surface area contributed by atoms with E-state index in [1.54, 1.807) is 0 Å². The highest BCUT2D eigenvalue weighted by molar-refractivity contribution is 5.81. The number of carbonyl (C=O) groups is 2. The summed E-state index contributed by atoms with van der Waals surface area (Å²) in [4.78, 5) is 23.0. The molecule has 0 aliphatic heterocycles. The molecule has 0 spiro atoms. The van der Waals surface area contributed by atoms with Crippen molar-refractivity contribution in [3.63, 3.8) is 0 Å². The predicted octanol–water partition coefficient (Wildman–Crippen LogP) is 2.33. The first-order valence-corrected chi connectivity index (χ1v) is 5.87. The molecule has 0 radical (unpaired) electrons. The normalized spacial score (nSPS) is 23.6. The van der Waals surface area contributed by atoms with Gasteiger partial charge in [-0.1, -0.05) is 6.92 Å². The summed E-state index contributed by atoms with van der Waals surface area (Å²) in [6.07, 6.45) is 3.95. The molecule has 1 saturated carbocycles. The van der Waals surface area contributed by atoms with E-state index in [9.17, 15) is 9.59 Å². The minimum Gasteiger partial charge on any atom is -0.466 e. The van der Waals surface area contributed by atoms with Crippen LogP contribution in [0.4, 0.5) is 0 Å². The van der Waals surface area contributed by atoms with Crippen molar-refractivity contribution in [2.24, 2.45) is 11.8 Å². The van der Waals surface area contributed by atoms with Crippen molar-refractivity contribution in [1.29, 1.82) is 0 Å². The number of rotatable bonds is 4. The largest absolute Gasteiger partial charge is 0.466 e. The standard InChI is InChI=1S/C12H20O3/c1-3-11(12(14)15-4-2)9-6-5-7-10(13)8-9/h9,11H,3-8H2,1-2H3. The summed E-state index contributed by atoms with van der Waals surface area (Å²) in [5.74, 6) is 0.318. The Morgan fingerprint density at radius 3 is 2.80 bits per heavy atom. The summed E-state index contributed by atoms with van der Waals surface area (Å²) in [6.45, 7) is 4.23. The fraction of sp³-hybridized carbons (Fsp3) is 0.833. The molecule has 2 unspecified atom stereocenters. The highest BCUT2D eigenvalue weighted by atomic mass is 16.5. The molecule has 1 aliphatic carbocycles. The third-order valence-corrected chi connectivity index (χ3v) is 3.12. The Morgan fingerprint density at radius 2 is 2.27 bits per heavy atom. The second-order valence-electron chi connectivity index (χ2n) is 4.16. The first-order valence-electron chi connectivity index (χ1n) is 5.87. The number of carbonyl (C=O) groups excluding carboxylic acids is 2. The van der Waals surface area contributed by atoms with E-state index in [-0.39, 0.29) is 17.8 Å². The molecule has 0 saturated heterocycles. The number of esters is 1. The number of hydrogen-bond donors (Lipinski definition) is 0. The Balaban J connectivity index is 2.56. The van der Waals surface area contributed by atoms with Crippen LogP contribution in [0.25, 0.3) is 0 Å². The van der Waals surface area contributed by atoms with Gasteiger partial charge in [-0.2, -0.15) is 0 Å². The summed E-state index contributed by atoms with van der Waals surface area (Å²) >= 11 is 0. The SMILES string of the molecule is CCOC(=O)C(CC)C1CCCC(=O)C1. The first kappa shape index (κ1) is 12.2. The maximum absolute atomic E-state index is 11.6. The summed E-state index contributed by atoms with van der Waals surface area (Å²) in [5, 5.41) is 0. The van der Waals surface area contributed by atoms with Gasteiger partial charge in [-0.15, -0.1) is 0 Å². The topological polar surface area (TPSA) is 43.4 Å². The quantitative estimate of drug-likeness (QED) is 0.672. The molecule has 3 nitrogen and oxygen atoms in total. The molecule has 0 N–H and O–H groups in total. The van der Waals surface area contributed by atoms with Crippen molar-refractivity contribution >= 4 is 11.8 Å². The van der Waals surface area contributed by atoms with Gasteiger partial charge in [-0.3, -0.25) is 9.59 Å². The molecule has 0 amide bonds. The fourth-order valence-corrected chi connectivity index (χ4v) is 2.34. The van der Waals surface area contributed by atoms with Crippen molar-refractivity contribution < 1.29 is 14.3 Å². The zero-order valence-corrected chi connectivity index (χ0v) is 9.62. The van der Waals surface area contributed by atoms with Crippen LogP contribution in [0.15, 0.2) is 0 Å². The minimum absolute atomic E-state index is 0.0748. The van der Waals surface area contributed by atoms with Gasteiger partial charge in [0.1, 0.15) is 5.78 Å². The van der Waals surface area contributed by atoms with Gasteiger partial charge in [0.15, 0.2) is 0 Å². The molecule has 1 rings (SSSR count).